The molecule has 4 rings (SSSR count). The first kappa shape index (κ1) is 17.1. The highest BCUT2D eigenvalue weighted by Gasteiger charge is 2.16. The molecule has 0 saturated carbocycles. The summed E-state index contributed by atoms with van der Waals surface area (Å²) >= 11 is 0. The van der Waals surface area contributed by atoms with E-state index in [1.807, 2.05) is 12.1 Å². The van der Waals surface area contributed by atoms with Crippen LogP contribution in [0.5, 0.6) is 5.75 Å². The third kappa shape index (κ3) is 3.59. The maximum absolute atomic E-state index is 5.56. The van der Waals surface area contributed by atoms with Gasteiger partial charge < -0.3 is 14.6 Å². The first-order chi connectivity index (χ1) is 12.8. The lowest BCUT2D eigenvalue weighted by Gasteiger charge is -2.20. The molecule has 0 aliphatic carbocycles. The lowest BCUT2D eigenvalue weighted by Crippen LogP contribution is -2.29. The number of para-hydroxylation sites is 3. The van der Waals surface area contributed by atoms with Crippen LogP contribution in [-0.2, 0) is 13.1 Å². The summed E-state index contributed by atoms with van der Waals surface area (Å²) in [4.78, 5) is 7.45. The number of methoxy groups -OCH3 is 1. The van der Waals surface area contributed by atoms with Gasteiger partial charge in [0.05, 0.1) is 31.2 Å². The number of imidazole rings is 1. The third-order valence-corrected chi connectivity index (χ3v) is 5.05. The molecule has 2 heterocycles. The summed E-state index contributed by atoms with van der Waals surface area (Å²) in [5.41, 5.74) is 3.42. The molecule has 1 aliphatic rings. The monoisotopic (exact) mass is 350 g/mol. The van der Waals surface area contributed by atoms with E-state index in [1.165, 1.54) is 17.5 Å². The van der Waals surface area contributed by atoms with E-state index < -0.39 is 0 Å². The number of nitrogens with one attached hydrogen (secondary N) is 1. The summed E-state index contributed by atoms with van der Waals surface area (Å²) in [6.45, 7) is 5.99. The van der Waals surface area contributed by atoms with Crippen molar-refractivity contribution in [1.29, 1.82) is 0 Å². The lowest BCUT2D eigenvalue weighted by atomic mass is 10.2. The Kier molecular flexibility index (Phi) is 5.18. The van der Waals surface area contributed by atoms with Crippen molar-refractivity contribution in [1.82, 2.24) is 19.8 Å². The molecule has 0 spiro atoms. The summed E-state index contributed by atoms with van der Waals surface area (Å²) < 4.78 is 7.90. The minimum absolute atomic E-state index is 0.770. The molecule has 0 bridgehead atoms. The zero-order valence-electron chi connectivity index (χ0n) is 15.3. The van der Waals surface area contributed by atoms with Crippen molar-refractivity contribution in [2.75, 3.05) is 33.3 Å². The van der Waals surface area contributed by atoms with Gasteiger partial charge in [0.1, 0.15) is 11.6 Å². The lowest BCUT2D eigenvalue weighted by molar-refractivity contribution is 0.274. The van der Waals surface area contributed by atoms with Gasteiger partial charge in [-0.3, -0.25) is 4.90 Å². The largest absolute Gasteiger partial charge is 0.496 e. The number of hydrogen-bond donors (Lipinski definition) is 1. The Labute approximate surface area is 154 Å². The van der Waals surface area contributed by atoms with E-state index in [1.54, 1.807) is 7.11 Å². The molecule has 0 unspecified atom stereocenters. The molecule has 0 radical (unpaired) electrons. The van der Waals surface area contributed by atoms with Crippen molar-refractivity contribution in [2.45, 2.75) is 19.5 Å². The van der Waals surface area contributed by atoms with Crippen molar-refractivity contribution >= 4 is 11.0 Å². The molecule has 1 aromatic heterocycles. The van der Waals surface area contributed by atoms with Crippen LogP contribution in [0.1, 0.15) is 17.8 Å². The number of hydrogen-bond acceptors (Lipinski definition) is 4. The van der Waals surface area contributed by atoms with E-state index >= 15 is 0 Å². The zero-order chi connectivity index (χ0) is 17.8. The Morgan fingerprint density at radius 2 is 1.85 bits per heavy atom. The van der Waals surface area contributed by atoms with E-state index in [-0.39, 0.29) is 0 Å². The highest BCUT2D eigenvalue weighted by molar-refractivity contribution is 5.76. The van der Waals surface area contributed by atoms with E-state index in [0.29, 0.717) is 0 Å². The summed E-state index contributed by atoms with van der Waals surface area (Å²) in [6, 6.07) is 16.6. The van der Waals surface area contributed by atoms with Gasteiger partial charge >= 0.3 is 0 Å². The molecule has 26 heavy (non-hydrogen) atoms. The maximum atomic E-state index is 5.56. The second-order valence-electron chi connectivity index (χ2n) is 6.79. The van der Waals surface area contributed by atoms with Crippen molar-refractivity contribution in [2.24, 2.45) is 0 Å². The first-order valence-corrected chi connectivity index (χ1v) is 9.34. The van der Waals surface area contributed by atoms with Gasteiger partial charge in [0.25, 0.3) is 0 Å². The van der Waals surface area contributed by atoms with Crippen LogP contribution in [0.25, 0.3) is 11.0 Å². The quantitative estimate of drug-likeness (QED) is 0.768. The molecule has 1 saturated heterocycles. The van der Waals surface area contributed by atoms with Crippen molar-refractivity contribution in [3.8, 4) is 5.75 Å². The number of benzene rings is 2. The number of ether oxygens (including phenoxy) is 1. The topological polar surface area (TPSA) is 42.3 Å². The number of fused-ring (bicyclic) bond motifs is 1. The molecule has 3 aromatic rings. The molecule has 1 N–H and O–H groups in total. The van der Waals surface area contributed by atoms with Crippen LogP contribution in [0.3, 0.4) is 0 Å². The summed E-state index contributed by atoms with van der Waals surface area (Å²) in [7, 11) is 1.73. The molecular formula is C21H26N4O. The number of aromatic nitrogens is 2. The van der Waals surface area contributed by atoms with Crippen LogP contribution >= 0.6 is 0 Å². The van der Waals surface area contributed by atoms with Gasteiger partial charge in [-0.25, -0.2) is 4.98 Å². The fraction of sp³-hybridized carbons (Fsp3) is 0.381. The maximum Gasteiger partial charge on any atom is 0.124 e. The number of rotatable bonds is 5. The van der Waals surface area contributed by atoms with Crippen LogP contribution in [0.2, 0.25) is 0 Å². The van der Waals surface area contributed by atoms with Crippen LogP contribution < -0.4 is 10.1 Å². The van der Waals surface area contributed by atoms with Crippen molar-refractivity contribution < 1.29 is 4.74 Å². The Balaban J connectivity index is 1.69. The fourth-order valence-corrected chi connectivity index (χ4v) is 3.69. The summed E-state index contributed by atoms with van der Waals surface area (Å²) in [6.07, 6.45) is 1.19. The average Bonchev–Trinajstić information content (AvgIpc) is 2.84. The second-order valence-corrected chi connectivity index (χ2v) is 6.79. The SMILES string of the molecule is COc1ccccc1Cn1c(CN2CCCNCC2)nc2ccccc21. The van der Waals surface area contributed by atoms with E-state index in [2.05, 4.69) is 51.2 Å². The van der Waals surface area contributed by atoms with Gasteiger partial charge in [0.15, 0.2) is 0 Å². The minimum Gasteiger partial charge on any atom is -0.496 e. The fourth-order valence-electron chi connectivity index (χ4n) is 3.69. The third-order valence-electron chi connectivity index (χ3n) is 5.05. The predicted molar refractivity (Wildman–Crippen MR) is 105 cm³/mol. The molecule has 0 amide bonds. The molecule has 5 heteroatoms. The van der Waals surface area contributed by atoms with Gasteiger partial charge in [0, 0.05) is 18.7 Å². The second kappa shape index (κ2) is 7.89. The Hall–Kier alpha value is -2.37. The summed E-state index contributed by atoms with van der Waals surface area (Å²) in [5, 5.41) is 3.47. The molecule has 136 valence electrons. The van der Waals surface area contributed by atoms with Gasteiger partial charge in [-0.15, -0.1) is 0 Å². The van der Waals surface area contributed by atoms with Gasteiger partial charge in [-0.05, 0) is 37.7 Å². The Bertz CT molecular complexity index is 865. The van der Waals surface area contributed by atoms with Crippen LogP contribution in [0, 0.1) is 0 Å². The molecular weight excluding hydrogens is 324 g/mol. The molecule has 1 fully saturated rings. The van der Waals surface area contributed by atoms with E-state index in [4.69, 9.17) is 9.72 Å². The van der Waals surface area contributed by atoms with Crippen molar-refractivity contribution in [3.63, 3.8) is 0 Å². The molecule has 5 nitrogen and oxygen atoms in total. The smallest absolute Gasteiger partial charge is 0.124 e. The van der Waals surface area contributed by atoms with Crippen LogP contribution in [-0.4, -0.2) is 47.7 Å². The van der Waals surface area contributed by atoms with E-state index in [9.17, 15) is 0 Å². The molecule has 1 aliphatic heterocycles. The van der Waals surface area contributed by atoms with Gasteiger partial charge in [-0.1, -0.05) is 30.3 Å². The van der Waals surface area contributed by atoms with Gasteiger partial charge in [-0.2, -0.15) is 0 Å². The van der Waals surface area contributed by atoms with Crippen LogP contribution in [0.4, 0.5) is 0 Å². The predicted octanol–water partition coefficient (Wildman–Crippen LogP) is 2.89. The highest BCUT2D eigenvalue weighted by Crippen LogP contribution is 2.23. The minimum atomic E-state index is 0.770. The van der Waals surface area contributed by atoms with E-state index in [0.717, 1.165) is 56.4 Å². The average molecular weight is 350 g/mol. The molecule has 2 aromatic carbocycles. The summed E-state index contributed by atoms with van der Waals surface area (Å²) in [5.74, 6) is 2.05. The normalized spacial score (nSPS) is 15.9. The highest BCUT2D eigenvalue weighted by atomic mass is 16.5. The number of nitrogens with zero attached hydrogens (tertiary/aromatic N) is 3. The standard InChI is InChI=1S/C21H26N4O/c1-26-20-10-5-2-7-17(20)15-25-19-9-4-3-8-18(19)23-21(25)16-24-13-6-11-22-12-14-24/h2-5,7-10,22H,6,11-16H2,1H3. The van der Waals surface area contributed by atoms with Crippen molar-refractivity contribution in [3.05, 3.63) is 59.9 Å². The van der Waals surface area contributed by atoms with Crippen LogP contribution in [0.15, 0.2) is 48.5 Å². The Morgan fingerprint density at radius 3 is 2.77 bits per heavy atom. The Morgan fingerprint density at radius 1 is 1.00 bits per heavy atom. The zero-order valence-corrected chi connectivity index (χ0v) is 15.3. The first-order valence-electron chi connectivity index (χ1n) is 9.34. The molecule has 0 atom stereocenters. The van der Waals surface area contributed by atoms with Gasteiger partial charge in [0.2, 0.25) is 0 Å².